The molecule has 0 saturated carbocycles. The molecule has 36 nitrogen and oxygen atoms in total. The van der Waals surface area contributed by atoms with Crippen molar-refractivity contribution in [1.82, 2.24) is 0 Å². The Bertz CT molecular complexity index is 1880. The first-order chi connectivity index (χ1) is 43.0. The quantitative estimate of drug-likeness (QED) is 0.0753. The monoisotopic (exact) mass is 1410 g/mol. The van der Waals surface area contributed by atoms with Crippen LogP contribution >= 0.6 is 0 Å². The lowest BCUT2D eigenvalue weighted by atomic mass is 9.86. The molecule has 2 unspecified atom stereocenters. The summed E-state index contributed by atoms with van der Waals surface area (Å²) < 4.78 is 80.6. The van der Waals surface area contributed by atoms with Gasteiger partial charge in [-0.1, -0.05) is 27.4 Å². The zero-order valence-electron chi connectivity index (χ0n) is 51.0. The van der Waals surface area contributed by atoms with Gasteiger partial charge < -0.3 is 195 Å². The number of halogens is 1. The maximum Gasteiger partial charge on any atom is 0.187 e. The summed E-state index contributed by atoms with van der Waals surface area (Å²) in [5, 5.41) is 230. The number of hydrogen-bond donors (Lipinski definition) is 21. The molecular weight excluding hydrogens is 1310 g/mol. The standard InChI is InChI=1S/C42H70O35.C13H26N.BrH/c43-1-8-29-15(50)22(57)36(64-8)72-30-9(2-44)66-38(24(59)17(30)52)74-32-11(4-46)68-40(26(61)19(32)54)76-34-13(6-48)70-42(28(63)21(34)56)77-35-14(7-49)69-41(27(62)20(35)55)75-33-12(5-47)67-39(25(60)18(33)53)73-31-10(3-45)65-37(71-29)23(58)16(31)51;1-6-9-14(5)10-12(2)7-8-13(3,4)11-14;/h8-63H,1-7H2;6,12H,1,7-11H2,2-5H3;1H/q;+1;/p-1/t8-,9-,10-,11-,12-,13-,14-,15-,16-,17-,18-,19+,20+,21+,22-,23-,24-,25-,26+,27+,28+,29-,30-,31-,32-,33-,34-,35-,36-,37-,38-,39-,40-,41-,42-;;/m1../s1. The normalized spacial score (nSPS) is 52.1. The number of likely N-dealkylation sites (tertiary alicyclic amines) is 1. The van der Waals surface area contributed by atoms with Crippen LogP contribution in [0.5, 0.6) is 0 Å². The van der Waals surface area contributed by atoms with Crippen LogP contribution in [0.25, 0.3) is 0 Å². The van der Waals surface area contributed by atoms with Crippen molar-refractivity contribution in [3.63, 3.8) is 0 Å². The Morgan fingerprint density at radius 3 is 0.696 bits per heavy atom. The topological polar surface area (TPSA) is 554 Å². The van der Waals surface area contributed by atoms with Crippen molar-refractivity contribution in [3.8, 4) is 0 Å². The molecule has 22 rings (SSSR count). The minimum atomic E-state index is -2.21. The summed E-state index contributed by atoms with van der Waals surface area (Å²) in [6, 6.07) is 0. The number of nitrogens with zero attached hydrogens (tertiary/aromatic N) is 1. The Morgan fingerprint density at radius 2 is 0.533 bits per heavy atom. The Hall–Kier alpha value is -1.22. The first-order valence-corrected chi connectivity index (χ1v) is 30.4. The lowest BCUT2D eigenvalue weighted by Gasteiger charge is -2.50. The van der Waals surface area contributed by atoms with Crippen molar-refractivity contribution in [2.24, 2.45) is 11.3 Å². The second kappa shape index (κ2) is 33.3. The summed E-state index contributed by atoms with van der Waals surface area (Å²) in [5.74, 6) is 0.863. The van der Waals surface area contributed by atoms with Gasteiger partial charge in [0.25, 0.3) is 0 Å². The molecule has 22 heterocycles. The molecule has 22 saturated heterocycles. The van der Waals surface area contributed by atoms with Crippen molar-refractivity contribution in [2.75, 3.05) is 72.9 Å². The van der Waals surface area contributed by atoms with E-state index in [-0.39, 0.29) is 17.0 Å². The summed E-state index contributed by atoms with van der Waals surface area (Å²) in [7, 11) is 2.38. The fraction of sp³-hybridized carbons (Fsp3) is 0.964. The predicted molar refractivity (Wildman–Crippen MR) is 292 cm³/mol. The number of aliphatic hydroxyl groups is 21. The molecule has 0 aromatic rings. The van der Waals surface area contributed by atoms with Crippen molar-refractivity contribution < 1.29 is 195 Å². The molecule has 21 N–H and O–H groups in total. The van der Waals surface area contributed by atoms with Crippen molar-refractivity contribution in [3.05, 3.63) is 12.7 Å². The van der Waals surface area contributed by atoms with Gasteiger partial charge in [0, 0.05) is 11.3 Å². The minimum Gasteiger partial charge on any atom is -1.00 e. The third kappa shape index (κ3) is 16.8. The van der Waals surface area contributed by atoms with E-state index in [1.165, 1.54) is 30.4 Å². The van der Waals surface area contributed by atoms with E-state index in [0.717, 1.165) is 12.5 Å². The number of hydrogen-bond acceptors (Lipinski definition) is 35. The highest BCUT2D eigenvalue weighted by molar-refractivity contribution is 5.02. The van der Waals surface area contributed by atoms with E-state index in [2.05, 4.69) is 40.5 Å². The largest absolute Gasteiger partial charge is 1.00 e. The first-order valence-electron chi connectivity index (χ1n) is 30.4. The van der Waals surface area contributed by atoms with Gasteiger partial charge >= 0.3 is 0 Å². The number of aliphatic hydroxyl groups excluding tert-OH is 21. The van der Waals surface area contributed by atoms with Crippen LogP contribution in [0.2, 0.25) is 0 Å². The van der Waals surface area contributed by atoms with Gasteiger partial charge in [-0.2, -0.15) is 0 Å². The van der Waals surface area contributed by atoms with E-state index in [1.807, 2.05) is 0 Å². The van der Waals surface area contributed by atoms with Crippen LogP contribution in [-0.4, -0.2) is 400 Å². The lowest BCUT2D eigenvalue weighted by Crippen LogP contribution is -3.00. The molecule has 22 aliphatic heterocycles. The lowest BCUT2D eigenvalue weighted by molar-refractivity contribution is -0.911. The number of rotatable bonds is 9. The third-order valence-electron chi connectivity index (χ3n) is 18.2. The van der Waals surface area contributed by atoms with Crippen LogP contribution in [0.15, 0.2) is 12.7 Å². The summed E-state index contributed by atoms with van der Waals surface area (Å²) in [4.78, 5) is 0. The Morgan fingerprint density at radius 1 is 0.348 bits per heavy atom. The maximum atomic E-state index is 11.3. The molecule has 0 radical (unpaired) electrons. The van der Waals surface area contributed by atoms with E-state index >= 15 is 0 Å². The molecule has 92 heavy (non-hydrogen) atoms. The summed E-state index contributed by atoms with van der Waals surface area (Å²) in [6.45, 7) is 7.49. The Labute approximate surface area is 538 Å². The predicted octanol–water partition coefficient (Wildman–Crippen LogP) is -15.2. The van der Waals surface area contributed by atoms with E-state index in [1.54, 1.807) is 0 Å². The SMILES string of the molecule is C=CC[N+]1(C)CC(C)CCC(C)(C)C1.OC[C@H]1O[C@@H]2O[C@H]3[C@H](O)[C@@H](O)[C@@H](O[C@H]4[C@H](O)[C@@H](O)[C@@H](O[C@H]5[C@H](O)[C@@H](O)[C@@H](O[C@H]6[C@@H](O)[C@H](O)[C@@H](O[C@H]7[C@@H](O)[C@H](O)[C@@H](O[C@H]8[C@@H](O)[C@H](O)[C@@H](O[C@H]1[C@H](O)[C@H]2O)O[C@@H]8CO)O[C@@H]7CO)O[C@@H]6CO)O[C@@H]5CO)O[C@@H]4CO)O[C@@H]3CO.[Br-]. The van der Waals surface area contributed by atoms with Crippen molar-refractivity contribution >= 4 is 0 Å². The summed E-state index contributed by atoms with van der Waals surface area (Å²) >= 11 is 0. The summed E-state index contributed by atoms with van der Waals surface area (Å²) in [5.41, 5.74) is 0.503. The van der Waals surface area contributed by atoms with E-state index < -0.39 is 261 Å². The third-order valence-corrected chi connectivity index (χ3v) is 18.2. The van der Waals surface area contributed by atoms with Gasteiger partial charge in [-0.3, -0.25) is 0 Å². The minimum absolute atomic E-state index is 0. The molecule has 22 fully saturated rings. The van der Waals surface area contributed by atoms with E-state index in [9.17, 15) is 107 Å². The van der Waals surface area contributed by atoms with Crippen LogP contribution in [0.4, 0.5) is 0 Å². The summed E-state index contributed by atoms with van der Waals surface area (Å²) in [6.07, 6.45) is -65.4. The first kappa shape index (κ1) is 78.1. The molecule has 538 valence electrons. The van der Waals surface area contributed by atoms with Gasteiger partial charge in [0.2, 0.25) is 0 Å². The molecule has 0 aromatic heterocycles. The highest BCUT2D eigenvalue weighted by atomic mass is 79.9. The van der Waals surface area contributed by atoms with Crippen LogP contribution in [0.3, 0.4) is 0 Å². The molecule has 14 bridgehead atoms. The van der Waals surface area contributed by atoms with Crippen LogP contribution in [0, 0.1) is 11.3 Å². The van der Waals surface area contributed by atoms with E-state index in [0.29, 0.717) is 5.41 Å². The Balaban J connectivity index is 0.000000708. The second-order valence-corrected chi connectivity index (χ2v) is 25.9. The zero-order chi connectivity index (χ0) is 66.9. The number of quaternary nitrogens is 1. The highest BCUT2D eigenvalue weighted by Gasteiger charge is 2.60. The molecule has 0 aliphatic carbocycles. The van der Waals surface area contributed by atoms with Gasteiger partial charge in [0.1, 0.15) is 171 Å². The van der Waals surface area contributed by atoms with Crippen LogP contribution in [0.1, 0.15) is 33.6 Å². The fourth-order valence-electron chi connectivity index (χ4n) is 13.5. The van der Waals surface area contributed by atoms with Crippen LogP contribution in [-0.2, 0) is 66.3 Å². The highest BCUT2D eigenvalue weighted by Crippen LogP contribution is 2.40. The van der Waals surface area contributed by atoms with E-state index in [4.69, 9.17) is 66.3 Å². The molecule has 22 aliphatic rings. The number of ether oxygens (including phenoxy) is 14. The average Bonchev–Trinajstić information content (AvgIpc) is 1.05. The van der Waals surface area contributed by atoms with Gasteiger partial charge in [-0.15, -0.1) is 0 Å². The molecule has 37 atom stereocenters. The molecular formula is C55H96BrNO35. The zero-order valence-corrected chi connectivity index (χ0v) is 52.6. The van der Waals surface area contributed by atoms with Crippen molar-refractivity contribution in [1.29, 1.82) is 0 Å². The number of likely N-dealkylation sites (N-methyl/N-ethyl adjacent to an activating group) is 1. The van der Waals surface area contributed by atoms with Gasteiger partial charge in [0.15, 0.2) is 44.0 Å². The molecule has 0 spiro atoms. The van der Waals surface area contributed by atoms with Gasteiger partial charge in [0.05, 0.1) is 72.9 Å². The smallest absolute Gasteiger partial charge is 0.187 e. The van der Waals surface area contributed by atoms with Gasteiger partial charge in [-0.05, 0) is 18.9 Å². The second-order valence-electron chi connectivity index (χ2n) is 25.9. The average molecular weight is 1410 g/mol. The maximum absolute atomic E-state index is 11.3. The van der Waals surface area contributed by atoms with Crippen LogP contribution < -0.4 is 17.0 Å². The van der Waals surface area contributed by atoms with Crippen molar-refractivity contribution in [2.45, 2.75) is 249 Å². The Kier molecular flexibility index (Phi) is 28.3. The molecule has 0 amide bonds. The van der Waals surface area contributed by atoms with Gasteiger partial charge in [-0.25, -0.2) is 0 Å². The molecule has 37 heteroatoms. The molecule has 0 aromatic carbocycles. The fourth-order valence-corrected chi connectivity index (χ4v) is 13.5.